The molecule has 0 amide bonds. The third-order valence-electron chi connectivity index (χ3n) is 4.50. The van der Waals surface area contributed by atoms with E-state index in [0.717, 1.165) is 16.9 Å². The molecule has 29 heavy (non-hydrogen) atoms. The van der Waals surface area contributed by atoms with Crippen LogP contribution in [0.4, 0.5) is 0 Å². The van der Waals surface area contributed by atoms with Gasteiger partial charge in [0, 0.05) is 18.7 Å². The predicted octanol–water partition coefficient (Wildman–Crippen LogP) is 3.65. The van der Waals surface area contributed by atoms with E-state index in [4.69, 9.17) is 9.47 Å². The summed E-state index contributed by atoms with van der Waals surface area (Å²) in [6, 6.07) is 22.7. The van der Waals surface area contributed by atoms with Crippen molar-refractivity contribution in [2.45, 2.75) is 13.5 Å². The predicted molar refractivity (Wildman–Crippen MR) is 109 cm³/mol. The Balaban J connectivity index is 1.56. The monoisotopic (exact) mass is 388 g/mol. The van der Waals surface area contributed by atoms with Gasteiger partial charge in [-0.2, -0.15) is 9.36 Å². The fourth-order valence-corrected chi connectivity index (χ4v) is 2.95. The van der Waals surface area contributed by atoms with Crippen molar-refractivity contribution >= 4 is 0 Å². The number of hydrogen-bond acceptors (Lipinski definition) is 5. The van der Waals surface area contributed by atoms with Gasteiger partial charge in [0.25, 0.3) is 0 Å². The summed E-state index contributed by atoms with van der Waals surface area (Å²) in [7, 11) is 1.57. The van der Waals surface area contributed by atoms with E-state index < -0.39 is 0 Å². The first-order valence-electron chi connectivity index (χ1n) is 9.15. The first-order chi connectivity index (χ1) is 14.1. The van der Waals surface area contributed by atoms with Gasteiger partial charge in [0.2, 0.25) is 0 Å². The van der Waals surface area contributed by atoms with Crippen molar-refractivity contribution in [3.8, 4) is 22.9 Å². The van der Waals surface area contributed by atoms with Crippen molar-refractivity contribution in [3.05, 3.63) is 94.4 Å². The molecule has 0 saturated heterocycles. The van der Waals surface area contributed by atoms with E-state index in [9.17, 15) is 4.79 Å². The molecule has 0 fully saturated rings. The maximum Gasteiger partial charge on any atom is 0.368 e. The first-order valence-corrected chi connectivity index (χ1v) is 9.15. The van der Waals surface area contributed by atoms with E-state index in [0.29, 0.717) is 17.2 Å². The highest BCUT2D eigenvalue weighted by Gasteiger charge is 2.13. The van der Waals surface area contributed by atoms with Crippen LogP contribution in [0, 0.1) is 6.92 Å². The molecule has 0 atom stereocenters. The summed E-state index contributed by atoms with van der Waals surface area (Å²) in [5.74, 6) is 2.11. The Bertz CT molecular complexity index is 1180. The summed E-state index contributed by atoms with van der Waals surface area (Å²) in [5, 5.41) is 7.74. The highest BCUT2D eigenvalue weighted by atomic mass is 16.5. The van der Waals surface area contributed by atoms with Crippen LogP contribution in [0.3, 0.4) is 0 Å². The topological polar surface area (TPSA) is 71.2 Å². The number of tetrazole rings is 1. The zero-order valence-corrected chi connectivity index (χ0v) is 16.1. The average molecular weight is 388 g/mol. The molecule has 0 spiro atoms. The molecule has 0 aliphatic carbocycles. The van der Waals surface area contributed by atoms with E-state index in [1.807, 2.05) is 79.7 Å². The highest BCUT2D eigenvalue weighted by molar-refractivity contribution is 5.45. The van der Waals surface area contributed by atoms with Gasteiger partial charge in [0.15, 0.2) is 0 Å². The number of hydrogen-bond donors (Lipinski definition) is 0. The smallest absolute Gasteiger partial charge is 0.368 e. The fraction of sp³-hybridized carbons (Fsp3) is 0.136. The molecule has 0 aliphatic heterocycles. The van der Waals surface area contributed by atoms with Gasteiger partial charge in [-0.25, -0.2) is 4.79 Å². The standard InChI is InChI=1S/C22H20N4O3/c1-16-8-6-13-21(26-22(27)25(2)23-24-26)20(16)15-28-18-11-7-12-19(14-18)29-17-9-4-3-5-10-17/h3-14H,15H2,1-2H3. The Morgan fingerprint density at radius 3 is 2.34 bits per heavy atom. The molecule has 4 aromatic rings. The Morgan fingerprint density at radius 1 is 0.862 bits per heavy atom. The fourth-order valence-electron chi connectivity index (χ4n) is 2.95. The number of aromatic nitrogens is 4. The largest absolute Gasteiger partial charge is 0.489 e. The third kappa shape index (κ3) is 4.03. The molecule has 0 unspecified atom stereocenters. The van der Waals surface area contributed by atoms with Crippen LogP contribution in [-0.4, -0.2) is 19.8 Å². The van der Waals surface area contributed by atoms with E-state index in [-0.39, 0.29) is 12.3 Å². The maximum absolute atomic E-state index is 12.3. The number of rotatable bonds is 6. The lowest BCUT2D eigenvalue weighted by molar-refractivity contribution is 0.303. The summed E-state index contributed by atoms with van der Waals surface area (Å²) in [4.78, 5) is 12.3. The lowest BCUT2D eigenvalue weighted by Crippen LogP contribution is -2.23. The van der Waals surface area contributed by atoms with Gasteiger partial charge in [-0.3, -0.25) is 0 Å². The lowest BCUT2D eigenvalue weighted by atomic mass is 10.1. The molecular formula is C22H20N4O3. The van der Waals surface area contributed by atoms with Crippen LogP contribution in [0.2, 0.25) is 0 Å². The minimum absolute atomic E-state index is 0.278. The van der Waals surface area contributed by atoms with Gasteiger partial charge in [0.1, 0.15) is 23.9 Å². The summed E-state index contributed by atoms with van der Waals surface area (Å²) in [6.07, 6.45) is 0. The zero-order chi connectivity index (χ0) is 20.2. The van der Waals surface area contributed by atoms with Gasteiger partial charge in [-0.15, -0.1) is 0 Å². The van der Waals surface area contributed by atoms with Crippen LogP contribution in [0.5, 0.6) is 17.2 Å². The second-order valence-corrected chi connectivity index (χ2v) is 6.55. The van der Waals surface area contributed by atoms with Gasteiger partial charge < -0.3 is 9.47 Å². The van der Waals surface area contributed by atoms with Gasteiger partial charge in [0.05, 0.1) is 5.69 Å². The van der Waals surface area contributed by atoms with Crippen molar-refractivity contribution in [1.82, 2.24) is 19.8 Å². The normalized spacial score (nSPS) is 10.7. The zero-order valence-electron chi connectivity index (χ0n) is 16.1. The first kappa shape index (κ1) is 18.5. The van der Waals surface area contributed by atoms with Crippen molar-refractivity contribution in [1.29, 1.82) is 0 Å². The number of para-hydroxylation sites is 1. The summed E-state index contributed by atoms with van der Waals surface area (Å²) < 4.78 is 14.3. The molecule has 146 valence electrons. The molecule has 0 bridgehead atoms. The van der Waals surface area contributed by atoms with Crippen LogP contribution in [0.15, 0.2) is 77.6 Å². The average Bonchev–Trinajstić information content (AvgIpc) is 3.06. The molecule has 7 heteroatoms. The Labute approximate surface area is 167 Å². The quantitative estimate of drug-likeness (QED) is 0.504. The Kier molecular flexibility index (Phi) is 5.11. The van der Waals surface area contributed by atoms with Crippen LogP contribution in [0.25, 0.3) is 5.69 Å². The SMILES string of the molecule is Cc1cccc(-n2nnn(C)c2=O)c1COc1cccc(Oc2ccccc2)c1. The minimum Gasteiger partial charge on any atom is -0.489 e. The number of aryl methyl sites for hydroxylation is 2. The Morgan fingerprint density at radius 2 is 1.59 bits per heavy atom. The van der Waals surface area contributed by atoms with Crippen molar-refractivity contribution in [2.75, 3.05) is 0 Å². The second kappa shape index (κ2) is 8.02. The maximum atomic E-state index is 12.3. The minimum atomic E-state index is -0.310. The highest BCUT2D eigenvalue weighted by Crippen LogP contribution is 2.26. The van der Waals surface area contributed by atoms with Crippen LogP contribution >= 0.6 is 0 Å². The second-order valence-electron chi connectivity index (χ2n) is 6.55. The van der Waals surface area contributed by atoms with Crippen LogP contribution in [0.1, 0.15) is 11.1 Å². The lowest BCUT2D eigenvalue weighted by Gasteiger charge is -2.13. The van der Waals surface area contributed by atoms with Gasteiger partial charge in [-0.05, 0) is 53.2 Å². The van der Waals surface area contributed by atoms with E-state index in [2.05, 4.69) is 10.4 Å². The third-order valence-corrected chi connectivity index (χ3v) is 4.50. The number of ether oxygens (including phenoxy) is 2. The summed E-state index contributed by atoms with van der Waals surface area (Å²) >= 11 is 0. The van der Waals surface area contributed by atoms with Gasteiger partial charge >= 0.3 is 5.69 Å². The number of benzene rings is 3. The molecule has 0 aliphatic rings. The van der Waals surface area contributed by atoms with E-state index in [1.165, 1.54) is 9.36 Å². The van der Waals surface area contributed by atoms with Crippen molar-refractivity contribution < 1.29 is 9.47 Å². The molecule has 1 heterocycles. The van der Waals surface area contributed by atoms with E-state index >= 15 is 0 Å². The summed E-state index contributed by atoms with van der Waals surface area (Å²) in [5.41, 5.74) is 2.20. The van der Waals surface area contributed by atoms with Gasteiger partial charge in [-0.1, -0.05) is 36.4 Å². The van der Waals surface area contributed by atoms with Crippen LogP contribution in [-0.2, 0) is 13.7 Å². The Hall–Kier alpha value is -3.87. The summed E-state index contributed by atoms with van der Waals surface area (Å²) in [6.45, 7) is 2.25. The molecule has 0 N–H and O–H groups in total. The number of nitrogens with zero attached hydrogens (tertiary/aromatic N) is 4. The molecule has 0 radical (unpaired) electrons. The molecule has 3 aromatic carbocycles. The molecule has 0 saturated carbocycles. The molecular weight excluding hydrogens is 368 g/mol. The van der Waals surface area contributed by atoms with Crippen molar-refractivity contribution in [3.63, 3.8) is 0 Å². The molecule has 1 aromatic heterocycles. The van der Waals surface area contributed by atoms with E-state index in [1.54, 1.807) is 7.05 Å². The molecule has 7 nitrogen and oxygen atoms in total. The molecule has 4 rings (SSSR count). The van der Waals surface area contributed by atoms with Crippen LogP contribution < -0.4 is 15.2 Å². The van der Waals surface area contributed by atoms with Crippen molar-refractivity contribution in [2.24, 2.45) is 7.05 Å².